The van der Waals surface area contributed by atoms with Crippen LogP contribution in [0.3, 0.4) is 0 Å². The molecule has 0 aliphatic heterocycles. The first-order valence-corrected chi connectivity index (χ1v) is 6.93. The van der Waals surface area contributed by atoms with E-state index in [1.54, 1.807) is 0 Å². The Morgan fingerprint density at radius 2 is 2.24 bits per heavy atom. The normalized spacial score (nSPS) is 12.8. The quantitative estimate of drug-likeness (QED) is 0.583. The Kier molecular flexibility index (Phi) is 4.35. The smallest absolute Gasteiger partial charge is 0.0412 e. The first-order chi connectivity index (χ1) is 8.35. The summed E-state index contributed by atoms with van der Waals surface area (Å²) >= 11 is 1.90. The van der Waals surface area contributed by atoms with Crippen molar-refractivity contribution in [2.24, 2.45) is 0 Å². The number of hydrogen-bond donors (Lipinski definition) is 1. The van der Waals surface area contributed by atoms with Gasteiger partial charge in [0, 0.05) is 15.6 Å². The van der Waals surface area contributed by atoms with Crippen LogP contribution in [0.5, 0.6) is 0 Å². The SMILES string of the molecule is C=CCCCC(NC)c1cc2ccccc2s1. The molecule has 0 fully saturated rings. The maximum atomic E-state index is 3.77. The molecule has 0 saturated heterocycles. The fourth-order valence-electron chi connectivity index (χ4n) is 2.07. The Balaban J connectivity index is 2.15. The molecule has 1 N–H and O–H groups in total. The van der Waals surface area contributed by atoms with Crippen molar-refractivity contribution < 1.29 is 0 Å². The monoisotopic (exact) mass is 245 g/mol. The number of fused-ring (bicyclic) bond motifs is 1. The van der Waals surface area contributed by atoms with Crippen LogP contribution in [0.4, 0.5) is 0 Å². The maximum absolute atomic E-state index is 3.77. The number of allylic oxidation sites excluding steroid dienone is 1. The molecule has 0 spiro atoms. The average molecular weight is 245 g/mol. The Bertz CT molecular complexity index is 453. The number of hydrogen-bond acceptors (Lipinski definition) is 2. The molecule has 1 unspecified atom stereocenters. The predicted molar refractivity (Wildman–Crippen MR) is 77.7 cm³/mol. The number of unbranched alkanes of at least 4 members (excludes halogenated alkanes) is 1. The summed E-state index contributed by atoms with van der Waals surface area (Å²) in [6.07, 6.45) is 5.47. The van der Waals surface area contributed by atoms with Crippen molar-refractivity contribution in [2.75, 3.05) is 7.05 Å². The zero-order chi connectivity index (χ0) is 12.1. The zero-order valence-electron chi connectivity index (χ0n) is 10.3. The molecule has 0 bridgehead atoms. The molecular weight excluding hydrogens is 226 g/mol. The third kappa shape index (κ3) is 2.96. The molecule has 2 rings (SSSR count). The molecule has 0 aliphatic carbocycles. The Morgan fingerprint density at radius 3 is 2.94 bits per heavy atom. The summed E-state index contributed by atoms with van der Waals surface area (Å²) in [5, 5.41) is 4.77. The summed E-state index contributed by atoms with van der Waals surface area (Å²) in [5.41, 5.74) is 0. The van der Waals surface area contributed by atoms with Gasteiger partial charge in [-0.15, -0.1) is 17.9 Å². The van der Waals surface area contributed by atoms with Gasteiger partial charge in [0.25, 0.3) is 0 Å². The standard InChI is InChI=1S/C15H19NS/c1-3-4-5-9-13(16-2)15-11-12-8-6-7-10-14(12)17-15/h3,6-8,10-11,13,16H,1,4-5,9H2,2H3. The first-order valence-electron chi connectivity index (χ1n) is 6.12. The minimum absolute atomic E-state index is 0.479. The summed E-state index contributed by atoms with van der Waals surface area (Å²) in [6, 6.07) is 11.4. The van der Waals surface area contributed by atoms with Crippen LogP contribution in [0.1, 0.15) is 30.2 Å². The molecular formula is C15H19NS. The fraction of sp³-hybridized carbons (Fsp3) is 0.333. The number of thiophene rings is 1. The van der Waals surface area contributed by atoms with Crippen LogP contribution >= 0.6 is 11.3 Å². The second-order valence-electron chi connectivity index (χ2n) is 4.25. The molecule has 90 valence electrons. The summed E-state index contributed by atoms with van der Waals surface area (Å²) in [5.74, 6) is 0. The molecule has 2 aromatic rings. The molecule has 0 aliphatic rings. The zero-order valence-corrected chi connectivity index (χ0v) is 11.1. The van der Waals surface area contributed by atoms with Crippen LogP contribution in [0.2, 0.25) is 0 Å². The van der Waals surface area contributed by atoms with Crippen molar-refractivity contribution in [1.82, 2.24) is 5.32 Å². The Hall–Kier alpha value is -1.12. The Labute approximate surface area is 107 Å². The summed E-state index contributed by atoms with van der Waals surface area (Å²) < 4.78 is 1.38. The van der Waals surface area contributed by atoms with Crippen LogP contribution in [0.25, 0.3) is 10.1 Å². The lowest BCUT2D eigenvalue weighted by molar-refractivity contribution is 0.538. The van der Waals surface area contributed by atoms with Crippen molar-refractivity contribution in [3.63, 3.8) is 0 Å². The molecule has 1 aromatic heterocycles. The lowest BCUT2D eigenvalue weighted by Gasteiger charge is -2.13. The van der Waals surface area contributed by atoms with E-state index in [0.717, 1.165) is 6.42 Å². The van der Waals surface area contributed by atoms with Gasteiger partial charge in [-0.25, -0.2) is 0 Å². The summed E-state index contributed by atoms with van der Waals surface area (Å²) in [6.45, 7) is 3.77. The van der Waals surface area contributed by atoms with Gasteiger partial charge in [-0.2, -0.15) is 0 Å². The van der Waals surface area contributed by atoms with Crippen LogP contribution in [0, 0.1) is 0 Å². The van der Waals surface area contributed by atoms with E-state index in [4.69, 9.17) is 0 Å². The molecule has 0 saturated carbocycles. The molecule has 1 aromatic carbocycles. The van der Waals surface area contributed by atoms with Crippen LogP contribution in [-0.4, -0.2) is 7.05 Å². The fourth-order valence-corrected chi connectivity index (χ4v) is 3.28. The minimum atomic E-state index is 0.479. The van der Waals surface area contributed by atoms with Gasteiger partial charge >= 0.3 is 0 Å². The molecule has 17 heavy (non-hydrogen) atoms. The van der Waals surface area contributed by atoms with Gasteiger partial charge in [-0.1, -0.05) is 24.3 Å². The average Bonchev–Trinajstić information content (AvgIpc) is 2.78. The van der Waals surface area contributed by atoms with Gasteiger partial charge in [0.05, 0.1) is 0 Å². The largest absolute Gasteiger partial charge is 0.312 e. The second-order valence-corrected chi connectivity index (χ2v) is 5.36. The predicted octanol–water partition coefficient (Wildman–Crippen LogP) is 4.52. The highest BCUT2D eigenvalue weighted by Gasteiger charge is 2.11. The molecule has 1 atom stereocenters. The molecule has 1 nitrogen and oxygen atoms in total. The third-order valence-electron chi connectivity index (χ3n) is 3.04. The minimum Gasteiger partial charge on any atom is -0.312 e. The summed E-state index contributed by atoms with van der Waals surface area (Å²) in [4.78, 5) is 1.44. The van der Waals surface area contributed by atoms with E-state index in [1.807, 2.05) is 24.5 Å². The number of benzene rings is 1. The highest BCUT2D eigenvalue weighted by molar-refractivity contribution is 7.19. The van der Waals surface area contributed by atoms with E-state index < -0.39 is 0 Å². The van der Waals surface area contributed by atoms with Crippen molar-refractivity contribution in [3.8, 4) is 0 Å². The number of nitrogens with one attached hydrogen (secondary N) is 1. The first kappa shape index (κ1) is 12.3. The lowest BCUT2D eigenvalue weighted by atomic mass is 10.1. The highest BCUT2D eigenvalue weighted by Crippen LogP contribution is 2.31. The van der Waals surface area contributed by atoms with Crippen molar-refractivity contribution in [1.29, 1.82) is 0 Å². The van der Waals surface area contributed by atoms with Gasteiger partial charge < -0.3 is 5.32 Å². The topological polar surface area (TPSA) is 12.0 Å². The van der Waals surface area contributed by atoms with Crippen molar-refractivity contribution >= 4 is 21.4 Å². The Morgan fingerprint density at radius 1 is 1.41 bits per heavy atom. The van der Waals surface area contributed by atoms with Crippen molar-refractivity contribution in [3.05, 3.63) is 47.9 Å². The van der Waals surface area contributed by atoms with Gasteiger partial charge in [-0.05, 0) is 43.8 Å². The van der Waals surface area contributed by atoms with E-state index in [0.29, 0.717) is 6.04 Å². The summed E-state index contributed by atoms with van der Waals surface area (Å²) in [7, 11) is 2.04. The van der Waals surface area contributed by atoms with E-state index in [-0.39, 0.29) is 0 Å². The molecule has 0 amide bonds. The van der Waals surface area contributed by atoms with Crippen molar-refractivity contribution in [2.45, 2.75) is 25.3 Å². The molecule has 0 radical (unpaired) electrons. The van der Waals surface area contributed by atoms with Gasteiger partial charge in [0.15, 0.2) is 0 Å². The van der Waals surface area contributed by atoms with E-state index in [1.165, 1.54) is 27.8 Å². The molecule has 1 heterocycles. The van der Waals surface area contributed by atoms with Crippen LogP contribution in [0.15, 0.2) is 43.0 Å². The van der Waals surface area contributed by atoms with Gasteiger partial charge in [0.2, 0.25) is 0 Å². The second kappa shape index (κ2) is 5.99. The maximum Gasteiger partial charge on any atom is 0.0412 e. The van der Waals surface area contributed by atoms with Crippen LogP contribution < -0.4 is 5.32 Å². The van der Waals surface area contributed by atoms with Gasteiger partial charge in [0.1, 0.15) is 0 Å². The van der Waals surface area contributed by atoms with E-state index in [2.05, 4.69) is 42.2 Å². The van der Waals surface area contributed by atoms with E-state index in [9.17, 15) is 0 Å². The highest BCUT2D eigenvalue weighted by atomic mass is 32.1. The van der Waals surface area contributed by atoms with E-state index >= 15 is 0 Å². The lowest BCUT2D eigenvalue weighted by Crippen LogP contribution is -2.14. The third-order valence-corrected chi connectivity index (χ3v) is 4.27. The number of rotatable bonds is 6. The van der Waals surface area contributed by atoms with Crippen LogP contribution in [-0.2, 0) is 0 Å². The van der Waals surface area contributed by atoms with Gasteiger partial charge in [-0.3, -0.25) is 0 Å². The molecule has 2 heteroatoms.